The molecule has 2 N–H and O–H groups in total. The zero-order valence-electron chi connectivity index (χ0n) is 12.1. The fraction of sp³-hybridized carbons (Fsp3) is 0.267. The predicted octanol–water partition coefficient (Wildman–Crippen LogP) is 1.85. The van der Waals surface area contributed by atoms with Gasteiger partial charge in [0.05, 0.1) is 19.5 Å². The van der Waals surface area contributed by atoms with Crippen molar-refractivity contribution in [1.29, 1.82) is 0 Å². The molecule has 2 aromatic rings. The molecule has 0 aliphatic carbocycles. The Morgan fingerprint density at radius 2 is 1.95 bits per heavy atom. The molecular formula is C15H18N4O2. The van der Waals surface area contributed by atoms with E-state index >= 15 is 0 Å². The van der Waals surface area contributed by atoms with Crippen LogP contribution in [-0.4, -0.2) is 29.5 Å². The van der Waals surface area contributed by atoms with Gasteiger partial charge in [-0.2, -0.15) is 0 Å². The van der Waals surface area contributed by atoms with Crippen molar-refractivity contribution in [2.75, 3.05) is 19.0 Å². The fourth-order valence-corrected chi connectivity index (χ4v) is 1.73. The average Bonchev–Trinajstić information content (AvgIpc) is 2.54. The van der Waals surface area contributed by atoms with Gasteiger partial charge in [-0.15, -0.1) is 0 Å². The molecule has 0 aliphatic rings. The highest BCUT2D eigenvalue weighted by molar-refractivity contribution is 5.91. The molecule has 0 saturated carbocycles. The summed E-state index contributed by atoms with van der Waals surface area (Å²) in [6, 6.07) is 7.51. The molecule has 0 saturated heterocycles. The number of carbonyl (C=O) groups excluding carboxylic acids is 1. The number of rotatable bonds is 6. The van der Waals surface area contributed by atoms with Gasteiger partial charge in [-0.25, -0.2) is 9.97 Å². The van der Waals surface area contributed by atoms with Crippen molar-refractivity contribution in [1.82, 2.24) is 15.3 Å². The van der Waals surface area contributed by atoms with Crippen LogP contribution in [-0.2, 0) is 6.54 Å². The van der Waals surface area contributed by atoms with E-state index in [1.54, 1.807) is 13.3 Å². The van der Waals surface area contributed by atoms with Gasteiger partial charge in [0.25, 0.3) is 5.91 Å². The van der Waals surface area contributed by atoms with E-state index in [2.05, 4.69) is 20.6 Å². The summed E-state index contributed by atoms with van der Waals surface area (Å²) in [5, 5.41) is 5.83. The average molecular weight is 286 g/mol. The fourth-order valence-electron chi connectivity index (χ4n) is 1.73. The maximum absolute atomic E-state index is 12.0. The smallest absolute Gasteiger partial charge is 0.271 e. The molecule has 2 rings (SSSR count). The minimum absolute atomic E-state index is 0.249. The second-order valence-electron chi connectivity index (χ2n) is 4.35. The van der Waals surface area contributed by atoms with Gasteiger partial charge in [0.15, 0.2) is 0 Å². The zero-order chi connectivity index (χ0) is 15.1. The van der Waals surface area contributed by atoms with Gasteiger partial charge in [-0.3, -0.25) is 4.79 Å². The Bertz CT molecular complexity index is 582. The van der Waals surface area contributed by atoms with Crippen molar-refractivity contribution in [3.8, 4) is 5.75 Å². The highest BCUT2D eigenvalue weighted by atomic mass is 16.5. The van der Waals surface area contributed by atoms with E-state index in [4.69, 9.17) is 4.74 Å². The summed E-state index contributed by atoms with van der Waals surface area (Å²) in [6.45, 7) is 3.16. The largest absolute Gasteiger partial charge is 0.497 e. The maximum atomic E-state index is 12.0. The first-order valence-corrected chi connectivity index (χ1v) is 6.70. The quantitative estimate of drug-likeness (QED) is 0.847. The maximum Gasteiger partial charge on any atom is 0.271 e. The van der Waals surface area contributed by atoms with Crippen LogP contribution in [0, 0.1) is 0 Å². The third-order valence-electron chi connectivity index (χ3n) is 2.85. The number of hydrogen-bond acceptors (Lipinski definition) is 5. The lowest BCUT2D eigenvalue weighted by Crippen LogP contribution is -2.24. The van der Waals surface area contributed by atoms with Crippen molar-refractivity contribution in [2.24, 2.45) is 0 Å². The molecule has 6 heteroatoms. The molecule has 110 valence electrons. The number of ether oxygens (including phenoxy) is 1. The van der Waals surface area contributed by atoms with E-state index in [-0.39, 0.29) is 5.91 Å². The van der Waals surface area contributed by atoms with Gasteiger partial charge < -0.3 is 15.4 Å². The summed E-state index contributed by atoms with van der Waals surface area (Å²) < 4.78 is 5.08. The van der Waals surface area contributed by atoms with Crippen LogP contribution in [0.25, 0.3) is 0 Å². The summed E-state index contributed by atoms with van der Waals surface area (Å²) in [5.41, 5.74) is 1.28. The molecule has 6 nitrogen and oxygen atoms in total. The number of anilines is 1. The first-order chi connectivity index (χ1) is 10.2. The second-order valence-corrected chi connectivity index (χ2v) is 4.35. The summed E-state index contributed by atoms with van der Waals surface area (Å²) >= 11 is 0. The molecular weight excluding hydrogens is 268 g/mol. The zero-order valence-corrected chi connectivity index (χ0v) is 12.1. The topological polar surface area (TPSA) is 76.1 Å². The first kappa shape index (κ1) is 14.8. The van der Waals surface area contributed by atoms with Crippen LogP contribution >= 0.6 is 0 Å². The number of nitrogens with one attached hydrogen (secondary N) is 2. The number of hydrogen-bond donors (Lipinski definition) is 2. The lowest BCUT2D eigenvalue weighted by atomic mass is 10.2. The van der Waals surface area contributed by atoms with Gasteiger partial charge in [0, 0.05) is 13.1 Å². The van der Waals surface area contributed by atoms with Gasteiger partial charge >= 0.3 is 0 Å². The van der Waals surface area contributed by atoms with Crippen LogP contribution in [0.15, 0.2) is 36.7 Å². The molecule has 0 spiro atoms. The van der Waals surface area contributed by atoms with Gasteiger partial charge in [0.2, 0.25) is 0 Å². The summed E-state index contributed by atoms with van der Waals surface area (Å²) in [7, 11) is 1.62. The van der Waals surface area contributed by atoms with E-state index in [0.717, 1.165) is 17.9 Å². The monoisotopic (exact) mass is 286 g/mol. The Morgan fingerprint density at radius 1 is 1.19 bits per heavy atom. The molecule has 0 atom stereocenters. The Labute approximate surface area is 123 Å². The molecule has 0 radical (unpaired) electrons. The number of aromatic nitrogens is 2. The van der Waals surface area contributed by atoms with Crippen LogP contribution < -0.4 is 15.4 Å². The van der Waals surface area contributed by atoms with Gasteiger partial charge in [-0.1, -0.05) is 12.1 Å². The van der Waals surface area contributed by atoms with Crippen molar-refractivity contribution < 1.29 is 9.53 Å². The Morgan fingerprint density at radius 3 is 2.52 bits per heavy atom. The highest BCUT2D eigenvalue weighted by Crippen LogP contribution is 2.11. The van der Waals surface area contributed by atoms with Crippen molar-refractivity contribution in [3.05, 3.63) is 47.9 Å². The lowest BCUT2D eigenvalue weighted by molar-refractivity contribution is 0.0945. The highest BCUT2D eigenvalue weighted by Gasteiger charge is 2.07. The van der Waals surface area contributed by atoms with Crippen molar-refractivity contribution >= 4 is 11.7 Å². The Hall–Kier alpha value is -2.63. The minimum Gasteiger partial charge on any atom is -0.497 e. The van der Waals surface area contributed by atoms with E-state index in [1.807, 2.05) is 31.2 Å². The SMILES string of the molecule is CCNc1cnc(C(=O)NCc2ccc(OC)cc2)cn1. The first-order valence-electron chi connectivity index (χ1n) is 6.70. The molecule has 0 fully saturated rings. The molecule has 1 aromatic carbocycles. The lowest BCUT2D eigenvalue weighted by Gasteiger charge is -2.06. The van der Waals surface area contributed by atoms with E-state index in [0.29, 0.717) is 18.1 Å². The number of benzene rings is 1. The van der Waals surface area contributed by atoms with Gasteiger partial charge in [-0.05, 0) is 24.6 Å². The minimum atomic E-state index is -0.249. The second kappa shape index (κ2) is 7.23. The van der Waals surface area contributed by atoms with E-state index in [1.165, 1.54) is 6.20 Å². The molecule has 1 heterocycles. The van der Waals surface area contributed by atoms with Crippen molar-refractivity contribution in [3.63, 3.8) is 0 Å². The normalized spacial score (nSPS) is 10.0. The molecule has 0 unspecified atom stereocenters. The number of carbonyl (C=O) groups is 1. The Kier molecular flexibility index (Phi) is 5.09. The summed E-state index contributed by atoms with van der Waals surface area (Å²) in [4.78, 5) is 20.1. The van der Waals surface area contributed by atoms with E-state index < -0.39 is 0 Å². The number of amides is 1. The molecule has 1 aromatic heterocycles. The third kappa shape index (κ3) is 4.17. The van der Waals surface area contributed by atoms with Gasteiger partial charge in [0.1, 0.15) is 17.3 Å². The third-order valence-corrected chi connectivity index (χ3v) is 2.85. The number of methoxy groups -OCH3 is 1. The Balaban J connectivity index is 1.91. The van der Waals surface area contributed by atoms with Crippen LogP contribution in [0.3, 0.4) is 0 Å². The number of nitrogens with zero attached hydrogens (tertiary/aromatic N) is 2. The molecule has 0 aliphatic heterocycles. The summed E-state index contributed by atoms with van der Waals surface area (Å²) in [6.07, 6.45) is 3.01. The molecule has 0 bridgehead atoms. The van der Waals surface area contributed by atoms with E-state index in [9.17, 15) is 4.79 Å². The standard InChI is InChI=1S/C15H18N4O2/c1-3-16-14-10-17-13(9-18-14)15(20)19-8-11-4-6-12(21-2)7-5-11/h4-7,9-10H,3,8H2,1-2H3,(H,16,18)(H,19,20). The predicted molar refractivity (Wildman–Crippen MR) is 80.4 cm³/mol. The van der Waals surface area contributed by atoms with Crippen LogP contribution in [0.1, 0.15) is 23.0 Å². The van der Waals surface area contributed by atoms with Crippen LogP contribution in [0.5, 0.6) is 5.75 Å². The van der Waals surface area contributed by atoms with Crippen LogP contribution in [0.4, 0.5) is 5.82 Å². The molecule has 1 amide bonds. The molecule has 21 heavy (non-hydrogen) atoms. The van der Waals surface area contributed by atoms with Crippen molar-refractivity contribution in [2.45, 2.75) is 13.5 Å². The van der Waals surface area contributed by atoms with Crippen LogP contribution in [0.2, 0.25) is 0 Å². The summed E-state index contributed by atoms with van der Waals surface area (Å²) in [5.74, 6) is 1.19.